The van der Waals surface area contributed by atoms with Crippen molar-refractivity contribution in [3.8, 4) is 0 Å². The van der Waals surface area contributed by atoms with E-state index in [1.54, 1.807) is 0 Å². The molecule has 3 nitrogen and oxygen atoms in total. The molecular weight excluding hydrogens is 292 g/mol. The number of piperidine rings is 1. The highest BCUT2D eigenvalue weighted by atomic mass is 32.2. The summed E-state index contributed by atoms with van der Waals surface area (Å²) in [5.41, 5.74) is 2.88. The lowest BCUT2D eigenvalue weighted by atomic mass is 9.68. The summed E-state index contributed by atoms with van der Waals surface area (Å²) in [6, 6.07) is 11.0. The van der Waals surface area contributed by atoms with Gasteiger partial charge < -0.3 is 9.47 Å². The van der Waals surface area contributed by atoms with E-state index in [2.05, 4.69) is 46.7 Å². The van der Waals surface area contributed by atoms with E-state index in [-0.39, 0.29) is 10.3 Å². The zero-order valence-corrected chi connectivity index (χ0v) is 13.7. The molecule has 1 aromatic heterocycles. The third kappa shape index (κ3) is 1.34. The van der Waals surface area contributed by atoms with E-state index in [9.17, 15) is 4.79 Å². The van der Waals surface area contributed by atoms with Gasteiger partial charge in [-0.05, 0) is 36.8 Å². The lowest BCUT2D eigenvalue weighted by Gasteiger charge is -2.56. The van der Waals surface area contributed by atoms with Gasteiger partial charge >= 0.3 is 0 Å². The molecule has 0 saturated carbocycles. The average molecular weight is 312 g/mol. The number of benzene rings is 1. The second-order valence-electron chi connectivity index (χ2n) is 7.13. The van der Waals surface area contributed by atoms with Crippen LogP contribution < -0.4 is 0 Å². The Morgan fingerprint density at radius 3 is 2.95 bits per heavy atom. The molecule has 3 aliphatic heterocycles. The maximum atomic E-state index is 12.5. The Labute approximate surface area is 134 Å². The Bertz CT molecular complexity index is 797. The van der Waals surface area contributed by atoms with E-state index >= 15 is 0 Å². The summed E-state index contributed by atoms with van der Waals surface area (Å²) >= 11 is 1.88. The van der Waals surface area contributed by atoms with Crippen LogP contribution in [0.5, 0.6) is 0 Å². The monoisotopic (exact) mass is 312 g/mol. The van der Waals surface area contributed by atoms with E-state index in [0.717, 1.165) is 25.9 Å². The van der Waals surface area contributed by atoms with Crippen molar-refractivity contribution in [1.82, 2.24) is 9.47 Å². The number of aromatic nitrogens is 1. The Morgan fingerprint density at radius 2 is 2.05 bits per heavy atom. The molecular formula is C18H20N2OS. The van der Waals surface area contributed by atoms with Crippen molar-refractivity contribution in [3.05, 3.63) is 36.0 Å². The molecule has 1 spiro atoms. The largest absolute Gasteiger partial charge is 0.342 e. The van der Waals surface area contributed by atoms with Gasteiger partial charge in [0.2, 0.25) is 5.91 Å². The van der Waals surface area contributed by atoms with Crippen LogP contribution in [-0.2, 0) is 16.2 Å². The normalized spacial score (nSPS) is 33.7. The van der Waals surface area contributed by atoms with Gasteiger partial charge in [0.15, 0.2) is 0 Å². The summed E-state index contributed by atoms with van der Waals surface area (Å²) in [7, 11) is 0. The first-order valence-corrected chi connectivity index (χ1v) is 9.17. The van der Waals surface area contributed by atoms with Gasteiger partial charge in [-0.2, -0.15) is 0 Å². The van der Waals surface area contributed by atoms with E-state index in [4.69, 9.17) is 0 Å². The molecule has 22 heavy (non-hydrogen) atoms. The van der Waals surface area contributed by atoms with Crippen molar-refractivity contribution in [2.45, 2.75) is 37.6 Å². The third-order valence-electron chi connectivity index (χ3n) is 6.06. The Morgan fingerprint density at radius 1 is 1.18 bits per heavy atom. The van der Waals surface area contributed by atoms with Gasteiger partial charge in [-0.1, -0.05) is 25.1 Å². The average Bonchev–Trinajstić information content (AvgIpc) is 3.06. The molecule has 2 atom stereocenters. The Hall–Kier alpha value is -1.42. The topological polar surface area (TPSA) is 25.2 Å². The predicted molar refractivity (Wildman–Crippen MR) is 89.7 cm³/mol. The molecule has 0 bridgehead atoms. The summed E-state index contributed by atoms with van der Waals surface area (Å²) in [4.78, 5) is 14.6. The van der Waals surface area contributed by atoms with Gasteiger partial charge in [-0.15, -0.1) is 11.8 Å². The minimum absolute atomic E-state index is 0.139. The molecule has 2 aromatic rings. The van der Waals surface area contributed by atoms with Crippen molar-refractivity contribution in [3.63, 3.8) is 0 Å². The number of carbonyl (C=O) groups is 1. The molecule has 4 heterocycles. The van der Waals surface area contributed by atoms with Crippen molar-refractivity contribution in [2.75, 3.05) is 12.3 Å². The fourth-order valence-electron chi connectivity index (χ4n) is 4.98. The lowest BCUT2D eigenvalue weighted by molar-refractivity contribution is -0.138. The zero-order valence-electron chi connectivity index (χ0n) is 12.8. The Kier molecular flexibility index (Phi) is 2.44. The molecule has 0 unspecified atom stereocenters. The molecule has 2 saturated heterocycles. The zero-order chi connectivity index (χ0) is 14.9. The van der Waals surface area contributed by atoms with E-state index in [1.165, 1.54) is 23.0 Å². The minimum atomic E-state index is -0.139. The molecule has 1 aromatic carbocycles. The standard InChI is InChI=1S/C18H20N2OS/c1-17-7-4-9-20-16(21)12-22-18(17,20)15-11-13-5-2-3-6-14(13)19(15)10-8-17/h2-3,5-6,11H,4,7-10,12H2,1H3/t17-,18-/m1/s1. The number of fused-ring (bicyclic) bond motifs is 3. The molecule has 114 valence electrons. The lowest BCUT2D eigenvalue weighted by Crippen LogP contribution is -2.59. The molecule has 0 N–H and O–H groups in total. The number of nitrogens with zero attached hydrogens (tertiary/aromatic N) is 2. The number of hydrogen-bond acceptors (Lipinski definition) is 2. The second-order valence-corrected chi connectivity index (χ2v) is 8.30. The minimum Gasteiger partial charge on any atom is -0.342 e. The summed E-state index contributed by atoms with van der Waals surface area (Å²) < 4.78 is 2.47. The summed E-state index contributed by atoms with van der Waals surface area (Å²) in [5.74, 6) is 0.964. The predicted octanol–water partition coefficient (Wildman–Crippen LogP) is 3.57. The maximum Gasteiger partial charge on any atom is 0.234 e. The third-order valence-corrected chi connectivity index (χ3v) is 7.79. The molecule has 2 fully saturated rings. The van der Waals surface area contributed by atoms with Crippen molar-refractivity contribution in [1.29, 1.82) is 0 Å². The second kappa shape index (κ2) is 4.10. The molecule has 1 amide bonds. The van der Waals surface area contributed by atoms with Crippen LogP contribution in [0.1, 0.15) is 31.9 Å². The van der Waals surface area contributed by atoms with Crippen LogP contribution in [0.2, 0.25) is 0 Å². The molecule has 4 heteroatoms. The molecule has 0 radical (unpaired) electrons. The van der Waals surface area contributed by atoms with Gasteiger partial charge in [-0.25, -0.2) is 0 Å². The highest BCUT2D eigenvalue weighted by molar-refractivity contribution is 8.01. The Balaban J connectivity index is 1.84. The smallest absolute Gasteiger partial charge is 0.234 e. The first kappa shape index (κ1) is 13.1. The SMILES string of the molecule is C[C@]12CCCN3C(=O)CS[C@@]31c1cc3ccccc3n1CC2. The van der Waals surface area contributed by atoms with Crippen LogP contribution in [0.3, 0.4) is 0 Å². The van der Waals surface area contributed by atoms with Gasteiger partial charge in [0.05, 0.1) is 11.4 Å². The summed E-state index contributed by atoms with van der Waals surface area (Å²) in [6.07, 6.45) is 3.53. The van der Waals surface area contributed by atoms with Crippen LogP contribution in [-0.4, -0.2) is 27.7 Å². The number of aryl methyl sites for hydroxylation is 1. The number of hydrogen-bond donors (Lipinski definition) is 0. The van der Waals surface area contributed by atoms with Crippen LogP contribution in [0.15, 0.2) is 30.3 Å². The molecule has 0 aliphatic carbocycles. The summed E-state index contributed by atoms with van der Waals surface area (Å²) in [6.45, 7) is 4.40. The van der Waals surface area contributed by atoms with Gasteiger partial charge in [-0.3, -0.25) is 4.79 Å². The molecule has 5 rings (SSSR count). The van der Waals surface area contributed by atoms with Crippen molar-refractivity contribution >= 4 is 28.6 Å². The van der Waals surface area contributed by atoms with E-state index < -0.39 is 0 Å². The van der Waals surface area contributed by atoms with Gasteiger partial charge in [0.1, 0.15) is 4.87 Å². The number of para-hydroxylation sites is 1. The van der Waals surface area contributed by atoms with Gasteiger partial charge in [0.25, 0.3) is 0 Å². The fraction of sp³-hybridized carbons (Fsp3) is 0.500. The van der Waals surface area contributed by atoms with E-state index in [1.807, 2.05) is 11.8 Å². The highest BCUT2D eigenvalue weighted by Gasteiger charge is 2.62. The highest BCUT2D eigenvalue weighted by Crippen LogP contribution is 2.64. The van der Waals surface area contributed by atoms with Crippen LogP contribution in [0.4, 0.5) is 0 Å². The number of amides is 1. The number of rotatable bonds is 0. The number of thioether (sulfide) groups is 1. The van der Waals surface area contributed by atoms with Crippen molar-refractivity contribution < 1.29 is 4.79 Å². The first-order chi connectivity index (χ1) is 10.7. The van der Waals surface area contributed by atoms with Crippen LogP contribution in [0.25, 0.3) is 10.9 Å². The maximum absolute atomic E-state index is 12.5. The summed E-state index contributed by atoms with van der Waals surface area (Å²) in [5, 5.41) is 1.31. The first-order valence-electron chi connectivity index (χ1n) is 8.19. The quantitative estimate of drug-likeness (QED) is 0.743. The van der Waals surface area contributed by atoms with Crippen molar-refractivity contribution in [2.24, 2.45) is 5.41 Å². The van der Waals surface area contributed by atoms with Gasteiger partial charge in [0, 0.05) is 24.0 Å². The van der Waals surface area contributed by atoms with E-state index in [0.29, 0.717) is 11.7 Å². The fourth-order valence-corrected chi connectivity index (χ4v) is 6.69. The molecule has 3 aliphatic rings. The van der Waals surface area contributed by atoms with Crippen LogP contribution in [0, 0.1) is 5.41 Å². The number of carbonyl (C=O) groups excluding carboxylic acids is 1. The van der Waals surface area contributed by atoms with Crippen LogP contribution >= 0.6 is 11.8 Å².